The van der Waals surface area contributed by atoms with E-state index in [2.05, 4.69) is 21.2 Å². The van der Waals surface area contributed by atoms with E-state index in [1.807, 2.05) is 45.0 Å². The van der Waals surface area contributed by atoms with Gasteiger partial charge in [0, 0.05) is 24.0 Å². The maximum absolute atomic E-state index is 12.6. The van der Waals surface area contributed by atoms with Crippen molar-refractivity contribution in [2.75, 3.05) is 18.0 Å². The molecule has 3 N–H and O–H groups in total. The summed E-state index contributed by atoms with van der Waals surface area (Å²) in [4.78, 5) is 26.6. The smallest absolute Gasteiger partial charge is 0.227 e. The van der Waals surface area contributed by atoms with Crippen molar-refractivity contribution in [1.82, 2.24) is 5.32 Å². The third-order valence-corrected chi connectivity index (χ3v) is 5.42. The maximum atomic E-state index is 12.6. The molecule has 1 aliphatic rings. The Labute approximate surface area is 145 Å². The summed E-state index contributed by atoms with van der Waals surface area (Å²) in [6, 6.07) is 7.54. The second-order valence-corrected chi connectivity index (χ2v) is 7.48. The van der Waals surface area contributed by atoms with Crippen molar-refractivity contribution in [3.8, 4) is 0 Å². The van der Waals surface area contributed by atoms with Crippen molar-refractivity contribution in [1.29, 1.82) is 0 Å². The highest BCUT2D eigenvalue weighted by atomic mass is 79.9. The number of para-hydroxylation sites is 1. The van der Waals surface area contributed by atoms with Crippen molar-refractivity contribution in [3.63, 3.8) is 0 Å². The topological polar surface area (TPSA) is 75.4 Å². The molecule has 1 aromatic carbocycles. The van der Waals surface area contributed by atoms with Crippen molar-refractivity contribution in [2.45, 2.75) is 32.7 Å². The van der Waals surface area contributed by atoms with Gasteiger partial charge in [-0.2, -0.15) is 0 Å². The Bertz CT molecular complexity index is 605. The molecular formula is C17H24BrN3O2. The van der Waals surface area contributed by atoms with E-state index >= 15 is 0 Å². The van der Waals surface area contributed by atoms with E-state index in [1.54, 1.807) is 4.90 Å². The molecule has 1 heterocycles. The molecule has 2 rings (SSSR count). The van der Waals surface area contributed by atoms with Gasteiger partial charge in [-0.05, 0) is 40.9 Å². The molecule has 0 spiro atoms. The Balaban J connectivity index is 2.11. The maximum Gasteiger partial charge on any atom is 0.227 e. The molecule has 0 saturated carbocycles. The first-order valence-electron chi connectivity index (χ1n) is 7.85. The Kier molecular flexibility index (Phi) is 5.47. The van der Waals surface area contributed by atoms with Crippen LogP contribution < -0.4 is 16.0 Å². The number of amides is 2. The highest BCUT2D eigenvalue weighted by Crippen LogP contribution is 2.31. The quantitative estimate of drug-likeness (QED) is 0.821. The minimum atomic E-state index is -0.457. The molecule has 1 fully saturated rings. The molecule has 23 heavy (non-hydrogen) atoms. The van der Waals surface area contributed by atoms with Crippen molar-refractivity contribution < 1.29 is 9.59 Å². The number of carbonyl (C=O) groups is 2. The molecule has 1 aromatic rings. The highest BCUT2D eigenvalue weighted by molar-refractivity contribution is 9.10. The number of halogens is 1. The summed E-state index contributed by atoms with van der Waals surface area (Å²) in [6.45, 7) is 6.76. The summed E-state index contributed by atoms with van der Waals surface area (Å²) in [7, 11) is 0. The number of hydrogen-bond donors (Lipinski definition) is 2. The third kappa shape index (κ3) is 3.75. The van der Waals surface area contributed by atoms with Gasteiger partial charge in [0.15, 0.2) is 0 Å². The summed E-state index contributed by atoms with van der Waals surface area (Å²) in [5.74, 6) is -0.266. The number of nitrogens with zero attached hydrogens (tertiary/aromatic N) is 1. The fourth-order valence-electron chi connectivity index (χ4n) is 2.60. The second-order valence-electron chi connectivity index (χ2n) is 6.62. The van der Waals surface area contributed by atoms with E-state index in [4.69, 9.17) is 5.73 Å². The average Bonchev–Trinajstić information content (AvgIpc) is 2.89. The Morgan fingerprint density at radius 3 is 2.70 bits per heavy atom. The molecule has 2 unspecified atom stereocenters. The molecule has 6 heteroatoms. The van der Waals surface area contributed by atoms with Crippen LogP contribution in [0, 0.1) is 11.8 Å². The first-order valence-corrected chi connectivity index (χ1v) is 8.64. The van der Waals surface area contributed by atoms with Crippen LogP contribution in [0.2, 0.25) is 0 Å². The van der Waals surface area contributed by atoms with Crippen LogP contribution in [-0.4, -0.2) is 30.4 Å². The van der Waals surface area contributed by atoms with Crippen LogP contribution in [-0.2, 0) is 9.59 Å². The number of hydrogen-bond acceptors (Lipinski definition) is 3. The van der Waals surface area contributed by atoms with Crippen LogP contribution in [0.3, 0.4) is 0 Å². The van der Waals surface area contributed by atoms with Gasteiger partial charge < -0.3 is 16.0 Å². The summed E-state index contributed by atoms with van der Waals surface area (Å²) >= 11 is 3.46. The SMILES string of the molecule is CC(C)C(C)(CN)NC(=O)C1CC(=O)N(c2ccccc2Br)C1. The van der Waals surface area contributed by atoms with Crippen molar-refractivity contribution >= 4 is 33.4 Å². The Morgan fingerprint density at radius 1 is 1.48 bits per heavy atom. The number of rotatable bonds is 5. The van der Waals surface area contributed by atoms with Crippen LogP contribution in [0.25, 0.3) is 0 Å². The molecular weight excluding hydrogens is 358 g/mol. The fraction of sp³-hybridized carbons (Fsp3) is 0.529. The molecule has 1 aliphatic heterocycles. The molecule has 0 radical (unpaired) electrons. The van der Waals surface area contributed by atoms with Gasteiger partial charge in [0.2, 0.25) is 11.8 Å². The molecule has 2 atom stereocenters. The molecule has 0 aliphatic carbocycles. The predicted octanol–water partition coefficient (Wildman–Crippen LogP) is 2.29. The van der Waals surface area contributed by atoms with Gasteiger partial charge in [0.25, 0.3) is 0 Å². The lowest BCUT2D eigenvalue weighted by Crippen LogP contribution is -2.56. The monoisotopic (exact) mass is 381 g/mol. The lowest BCUT2D eigenvalue weighted by atomic mass is 9.87. The molecule has 126 valence electrons. The van der Waals surface area contributed by atoms with E-state index in [0.29, 0.717) is 13.1 Å². The van der Waals surface area contributed by atoms with Crippen molar-refractivity contribution in [2.24, 2.45) is 17.6 Å². The molecule has 0 aromatic heterocycles. The standard InChI is InChI=1S/C17H24BrN3O2/c1-11(2)17(3,10-19)20-16(23)12-8-15(22)21(9-12)14-7-5-4-6-13(14)18/h4-7,11-12H,8-10,19H2,1-3H3,(H,20,23). The lowest BCUT2D eigenvalue weighted by Gasteiger charge is -2.34. The van der Waals surface area contributed by atoms with Gasteiger partial charge in [0.05, 0.1) is 17.1 Å². The fourth-order valence-corrected chi connectivity index (χ4v) is 3.10. The normalized spacial score (nSPS) is 20.7. The average molecular weight is 382 g/mol. The molecule has 1 saturated heterocycles. The van der Waals surface area contributed by atoms with E-state index in [-0.39, 0.29) is 30.1 Å². The Hall–Kier alpha value is -1.40. The van der Waals surface area contributed by atoms with Crippen LogP contribution in [0.5, 0.6) is 0 Å². The lowest BCUT2D eigenvalue weighted by molar-refractivity contribution is -0.128. The van der Waals surface area contributed by atoms with Crippen LogP contribution in [0.4, 0.5) is 5.69 Å². The molecule has 5 nitrogen and oxygen atoms in total. The number of carbonyl (C=O) groups excluding carboxylic acids is 2. The zero-order valence-corrected chi connectivity index (χ0v) is 15.4. The minimum absolute atomic E-state index is 0.0314. The number of nitrogens with two attached hydrogens (primary N) is 1. The summed E-state index contributed by atoms with van der Waals surface area (Å²) < 4.78 is 0.850. The first kappa shape index (κ1) is 17.9. The number of benzene rings is 1. The third-order valence-electron chi connectivity index (χ3n) is 4.75. The van der Waals surface area contributed by atoms with E-state index in [9.17, 15) is 9.59 Å². The molecule has 0 bridgehead atoms. The largest absolute Gasteiger partial charge is 0.349 e. The Morgan fingerprint density at radius 2 is 2.13 bits per heavy atom. The van der Waals surface area contributed by atoms with Gasteiger partial charge in [-0.25, -0.2) is 0 Å². The summed E-state index contributed by atoms with van der Waals surface area (Å²) in [6.07, 6.45) is 0.228. The van der Waals surface area contributed by atoms with Gasteiger partial charge >= 0.3 is 0 Å². The van der Waals surface area contributed by atoms with Crippen LogP contribution in [0.1, 0.15) is 27.2 Å². The summed E-state index contributed by atoms with van der Waals surface area (Å²) in [5.41, 5.74) is 6.17. The zero-order valence-electron chi connectivity index (χ0n) is 13.8. The van der Waals surface area contributed by atoms with Crippen molar-refractivity contribution in [3.05, 3.63) is 28.7 Å². The van der Waals surface area contributed by atoms with Gasteiger partial charge in [-0.15, -0.1) is 0 Å². The van der Waals surface area contributed by atoms with Gasteiger partial charge in [-0.1, -0.05) is 26.0 Å². The van der Waals surface area contributed by atoms with Gasteiger partial charge in [-0.3, -0.25) is 9.59 Å². The van der Waals surface area contributed by atoms with Crippen LogP contribution >= 0.6 is 15.9 Å². The second kappa shape index (κ2) is 7.01. The highest BCUT2D eigenvalue weighted by Gasteiger charge is 2.38. The number of nitrogens with one attached hydrogen (secondary N) is 1. The van der Waals surface area contributed by atoms with E-state index in [0.717, 1.165) is 10.2 Å². The number of anilines is 1. The first-order chi connectivity index (χ1) is 10.8. The predicted molar refractivity (Wildman–Crippen MR) is 95.0 cm³/mol. The van der Waals surface area contributed by atoms with E-state index < -0.39 is 5.54 Å². The zero-order chi connectivity index (χ0) is 17.2. The molecule has 2 amide bonds. The minimum Gasteiger partial charge on any atom is -0.349 e. The van der Waals surface area contributed by atoms with E-state index in [1.165, 1.54) is 0 Å². The van der Waals surface area contributed by atoms with Crippen LogP contribution in [0.15, 0.2) is 28.7 Å². The van der Waals surface area contributed by atoms with Gasteiger partial charge in [0.1, 0.15) is 0 Å². The summed E-state index contributed by atoms with van der Waals surface area (Å²) in [5, 5.41) is 3.04.